The monoisotopic (exact) mass is 360 g/mol. The average molecular weight is 361 g/mol. The maximum Gasteiger partial charge on any atom is 0.226 e. The zero-order valence-corrected chi connectivity index (χ0v) is 14.4. The number of nitrogens with zero attached hydrogens (tertiary/aromatic N) is 4. The summed E-state index contributed by atoms with van der Waals surface area (Å²) in [5, 5.41) is 5.43. The average Bonchev–Trinajstić information content (AvgIpc) is 3.12. The number of H-pyrrole nitrogens is 1. The van der Waals surface area contributed by atoms with E-state index in [1.165, 1.54) is 10.9 Å². The van der Waals surface area contributed by atoms with Crippen LogP contribution in [0.25, 0.3) is 22.1 Å². The number of rotatable bonds is 4. The zero-order chi connectivity index (χ0) is 16.7. The summed E-state index contributed by atoms with van der Waals surface area (Å²) in [7, 11) is 2.02. The fraction of sp³-hybridized carbons (Fsp3) is 0.188. The largest absolute Gasteiger partial charge is 0.368 e. The van der Waals surface area contributed by atoms with Crippen molar-refractivity contribution in [3.05, 3.63) is 46.6 Å². The summed E-state index contributed by atoms with van der Waals surface area (Å²) >= 11 is 12.0. The van der Waals surface area contributed by atoms with Gasteiger partial charge < -0.3 is 14.9 Å². The number of hydrogen-bond acceptors (Lipinski definition) is 4. The van der Waals surface area contributed by atoms with Crippen molar-refractivity contribution in [2.24, 2.45) is 7.05 Å². The fourth-order valence-electron chi connectivity index (χ4n) is 2.89. The van der Waals surface area contributed by atoms with Crippen LogP contribution in [0, 0.1) is 0 Å². The molecule has 0 unspecified atom stereocenters. The third kappa shape index (κ3) is 2.68. The Morgan fingerprint density at radius 1 is 1.25 bits per heavy atom. The second-order valence-electron chi connectivity index (χ2n) is 5.55. The number of anilines is 1. The Bertz CT molecular complexity index is 1040. The maximum atomic E-state index is 6.08. The first-order chi connectivity index (χ1) is 11.6. The van der Waals surface area contributed by atoms with Crippen molar-refractivity contribution >= 4 is 51.1 Å². The van der Waals surface area contributed by atoms with E-state index in [-0.39, 0.29) is 5.28 Å². The normalized spacial score (nSPS) is 11.5. The lowest BCUT2D eigenvalue weighted by molar-refractivity contribution is 0.941. The van der Waals surface area contributed by atoms with Crippen molar-refractivity contribution in [1.29, 1.82) is 0 Å². The van der Waals surface area contributed by atoms with Crippen molar-refractivity contribution in [1.82, 2.24) is 24.5 Å². The molecule has 122 valence electrons. The van der Waals surface area contributed by atoms with Crippen molar-refractivity contribution in [2.45, 2.75) is 6.42 Å². The lowest BCUT2D eigenvalue weighted by atomic mass is 10.1. The van der Waals surface area contributed by atoms with Crippen LogP contribution in [0.4, 0.5) is 5.82 Å². The molecule has 0 bridgehead atoms. The van der Waals surface area contributed by atoms with Crippen molar-refractivity contribution in [2.75, 3.05) is 11.9 Å². The number of aromatic nitrogens is 5. The van der Waals surface area contributed by atoms with E-state index in [0.29, 0.717) is 18.0 Å². The number of benzene rings is 1. The van der Waals surface area contributed by atoms with Gasteiger partial charge in [0.05, 0.1) is 6.33 Å². The summed E-state index contributed by atoms with van der Waals surface area (Å²) in [5.41, 5.74) is 3.68. The molecule has 3 aromatic heterocycles. The van der Waals surface area contributed by atoms with Crippen LogP contribution in [0.2, 0.25) is 10.3 Å². The lowest BCUT2D eigenvalue weighted by Crippen LogP contribution is -2.07. The second kappa shape index (κ2) is 5.96. The third-order valence-electron chi connectivity index (χ3n) is 3.98. The van der Waals surface area contributed by atoms with E-state index in [1.54, 1.807) is 6.33 Å². The van der Waals surface area contributed by atoms with Crippen LogP contribution in [0.5, 0.6) is 0 Å². The third-order valence-corrected chi connectivity index (χ3v) is 4.38. The van der Waals surface area contributed by atoms with E-state index in [4.69, 9.17) is 23.2 Å². The molecule has 0 aliphatic carbocycles. The van der Waals surface area contributed by atoms with Gasteiger partial charge in [0.15, 0.2) is 11.5 Å². The number of aryl methyl sites for hydroxylation is 1. The minimum atomic E-state index is 0.178. The van der Waals surface area contributed by atoms with Gasteiger partial charge in [-0.05, 0) is 35.7 Å². The first kappa shape index (κ1) is 15.2. The molecule has 1 aromatic carbocycles. The van der Waals surface area contributed by atoms with Gasteiger partial charge in [-0.25, -0.2) is 4.98 Å². The minimum absolute atomic E-state index is 0.178. The molecule has 0 saturated heterocycles. The minimum Gasteiger partial charge on any atom is -0.368 e. The highest BCUT2D eigenvalue weighted by molar-refractivity contribution is 6.31. The van der Waals surface area contributed by atoms with Crippen LogP contribution >= 0.6 is 23.2 Å². The summed E-state index contributed by atoms with van der Waals surface area (Å²) in [5.74, 6) is 0.658. The quantitative estimate of drug-likeness (QED) is 0.543. The van der Waals surface area contributed by atoms with Gasteiger partial charge in [0.2, 0.25) is 5.28 Å². The predicted molar refractivity (Wildman–Crippen MR) is 96.8 cm³/mol. The van der Waals surface area contributed by atoms with Crippen LogP contribution in [0.3, 0.4) is 0 Å². The van der Waals surface area contributed by atoms with Crippen LogP contribution in [0.15, 0.2) is 30.7 Å². The predicted octanol–water partition coefficient (Wildman–Crippen LogP) is 3.81. The van der Waals surface area contributed by atoms with Gasteiger partial charge in [0.25, 0.3) is 0 Å². The molecule has 0 spiro atoms. The number of hydrogen-bond donors (Lipinski definition) is 2. The molecule has 2 N–H and O–H groups in total. The van der Waals surface area contributed by atoms with Crippen LogP contribution in [0.1, 0.15) is 5.56 Å². The van der Waals surface area contributed by atoms with Crippen LogP contribution < -0.4 is 5.32 Å². The summed E-state index contributed by atoms with van der Waals surface area (Å²) in [6, 6.07) is 5.95. The Balaban J connectivity index is 1.56. The lowest BCUT2D eigenvalue weighted by Gasteiger charge is -2.06. The highest BCUT2D eigenvalue weighted by Crippen LogP contribution is 2.25. The van der Waals surface area contributed by atoms with Crippen LogP contribution in [-0.2, 0) is 13.5 Å². The van der Waals surface area contributed by atoms with Crippen molar-refractivity contribution in [3.8, 4) is 0 Å². The molecule has 3 heterocycles. The molecule has 0 amide bonds. The Morgan fingerprint density at radius 3 is 3.00 bits per heavy atom. The van der Waals surface area contributed by atoms with Crippen molar-refractivity contribution < 1.29 is 0 Å². The van der Waals surface area contributed by atoms with Gasteiger partial charge in [-0.3, -0.25) is 0 Å². The highest BCUT2D eigenvalue weighted by Gasteiger charge is 2.10. The molecule has 0 radical (unpaired) electrons. The topological polar surface area (TPSA) is 71.4 Å². The molecular formula is C16H14Cl2N6. The Morgan fingerprint density at radius 2 is 2.12 bits per heavy atom. The standard InChI is InChI=1S/C16H14Cl2N6/c1-24-7-9(11-3-2-10(17)6-12(11)24)4-5-19-14-13-15(21-8-20-13)23-16(18)22-14/h2-3,6-8H,4-5H2,1H3,(H2,19,20,21,22,23). The molecule has 0 saturated carbocycles. The van der Waals surface area contributed by atoms with Crippen molar-refractivity contribution in [3.63, 3.8) is 0 Å². The molecule has 24 heavy (non-hydrogen) atoms. The van der Waals surface area contributed by atoms with E-state index in [9.17, 15) is 0 Å². The van der Waals surface area contributed by atoms with Gasteiger partial charge in [-0.15, -0.1) is 0 Å². The first-order valence-corrected chi connectivity index (χ1v) is 8.21. The van der Waals surface area contributed by atoms with E-state index in [1.807, 2.05) is 19.2 Å². The van der Waals surface area contributed by atoms with Crippen LogP contribution in [-0.4, -0.2) is 31.0 Å². The molecular weight excluding hydrogens is 347 g/mol. The maximum absolute atomic E-state index is 6.08. The van der Waals surface area contributed by atoms with E-state index < -0.39 is 0 Å². The Labute approximate surface area is 147 Å². The summed E-state index contributed by atoms with van der Waals surface area (Å²) in [6.45, 7) is 0.712. The zero-order valence-electron chi connectivity index (χ0n) is 12.8. The highest BCUT2D eigenvalue weighted by atomic mass is 35.5. The SMILES string of the molecule is Cn1cc(CCNc2nc(Cl)nc3nc[nH]c23)c2ccc(Cl)cc21. The number of aromatic amines is 1. The smallest absolute Gasteiger partial charge is 0.226 e. The van der Waals surface area contributed by atoms with Gasteiger partial charge >= 0.3 is 0 Å². The number of imidazole rings is 1. The molecule has 0 atom stereocenters. The van der Waals surface area contributed by atoms with Gasteiger partial charge in [-0.2, -0.15) is 9.97 Å². The Hall–Kier alpha value is -2.31. The molecule has 0 aliphatic heterocycles. The molecule has 4 rings (SSSR count). The van der Waals surface area contributed by atoms with Gasteiger partial charge in [-0.1, -0.05) is 17.7 Å². The molecule has 0 aliphatic rings. The number of nitrogens with one attached hydrogen (secondary N) is 2. The van der Waals surface area contributed by atoms with Gasteiger partial charge in [0.1, 0.15) is 5.52 Å². The molecule has 8 heteroatoms. The van der Waals surface area contributed by atoms with E-state index in [0.717, 1.165) is 22.5 Å². The summed E-state index contributed by atoms with van der Waals surface area (Å²) < 4.78 is 2.09. The molecule has 4 aromatic rings. The number of halogens is 2. The fourth-order valence-corrected chi connectivity index (χ4v) is 3.22. The summed E-state index contributed by atoms with van der Waals surface area (Å²) in [4.78, 5) is 15.4. The second-order valence-corrected chi connectivity index (χ2v) is 6.32. The summed E-state index contributed by atoms with van der Waals surface area (Å²) in [6.07, 6.45) is 4.55. The molecule has 0 fully saturated rings. The Kier molecular flexibility index (Phi) is 3.78. The first-order valence-electron chi connectivity index (χ1n) is 7.46. The molecule has 6 nitrogen and oxygen atoms in total. The van der Waals surface area contributed by atoms with E-state index >= 15 is 0 Å². The van der Waals surface area contributed by atoms with Gasteiger partial charge in [0, 0.05) is 35.7 Å². The number of fused-ring (bicyclic) bond motifs is 2. The van der Waals surface area contributed by atoms with E-state index in [2.05, 4.69) is 42.1 Å².